The number of halogens is 2. The normalized spacial score (nSPS) is 10.9. The number of nitrogens with one attached hydrogen (secondary N) is 1. The number of carbonyl (C=O) groups excluding carboxylic acids is 3. The Hall–Kier alpha value is -2.82. The van der Waals surface area contributed by atoms with Gasteiger partial charge in [-0.15, -0.1) is 0 Å². The van der Waals surface area contributed by atoms with Crippen molar-refractivity contribution in [3.8, 4) is 0 Å². The van der Waals surface area contributed by atoms with Crippen LogP contribution < -0.4 is 9.62 Å². The Labute approximate surface area is 188 Å². The second kappa shape index (κ2) is 9.99. The third kappa shape index (κ3) is 6.33. The van der Waals surface area contributed by atoms with Gasteiger partial charge in [0.1, 0.15) is 6.54 Å². The molecule has 2 rings (SSSR count). The number of hydrogen-bond acceptors (Lipinski definition) is 7. The molecular weight excluding hydrogens is 471 g/mol. The average molecular weight is 489 g/mol. The second-order valence-electron chi connectivity index (χ2n) is 6.20. The summed E-state index contributed by atoms with van der Waals surface area (Å²) in [4.78, 5) is 36.4. The number of anilines is 2. The highest BCUT2D eigenvalue weighted by Gasteiger charge is 2.24. The number of rotatable bonds is 7. The number of benzene rings is 2. The van der Waals surface area contributed by atoms with Gasteiger partial charge >= 0.3 is 11.9 Å². The van der Waals surface area contributed by atoms with E-state index in [4.69, 9.17) is 23.2 Å². The number of methoxy groups -OCH3 is 2. The number of carbonyl (C=O) groups is 3. The van der Waals surface area contributed by atoms with E-state index in [0.29, 0.717) is 0 Å². The van der Waals surface area contributed by atoms with E-state index in [1.54, 1.807) is 0 Å². The van der Waals surface area contributed by atoms with E-state index in [-0.39, 0.29) is 32.5 Å². The first kappa shape index (κ1) is 24.4. The van der Waals surface area contributed by atoms with Crippen LogP contribution in [0, 0.1) is 0 Å². The zero-order chi connectivity index (χ0) is 23.3. The fourth-order valence-corrected chi connectivity index (χ4v) is 3.86. The molecule has 9 nitrogen and oxygen atoms in total. The van der Waals surface area contributed by atoms with Crippen molar-refractivity contribution in [1.29, 1.82) is 0 Å². The van der Waals surface area contributed by atoms with E-state index in [0.717, 1.165) is 24.8 Å². The van der Waals surface area contributed by atoms with Crippen molar-refractivity contribution >= 4 is 62.4 Å². The van der Waals surface area contributed by atoms with Crippen molar-refractivity contribution in [3.63, 3.8) is 0 Å². The summed E-state index contributed by atoms with van der Waals surface area (Å²) in [5.74, 6) is -2.26. The van der Waals surface area contributed by atoms with E-state index in [2.05, 4.69) is 14.8 Å². The molecule has 0 saturated heterocycles. The van der Waals surface area contributed by atoms with Gasteiger partial charge in [0, 0.05) is 10.7 Å². The summed E-state index contributed by atoms with van der Waals surface area (Å²) >= 11 is 12.0. The smallest absolute Gasteiger partial charge is 0.337 e. The van der Waals surface area contributed by atoms with Crippen molar-refractivity contribution in [2.75, 3.05) is 36.6 Å². The molecule has 0 saturated carbocycles. The highest BCUT2D eigenvalue weighted by Crippen LogP contribution is 2.30. The van der Waals surface area contributed by atoms with Crippen LogP contribution in [0.25, 0.3) is 0 Å². The van der Waals surface area contributed by atoms with Crippen LogP contribution >= 0.6 is 23.2 Å². The van der Waals surface area contributed by atoms with Crippen LogP contribution in [-0.2, 0) is 24.3 Å². The van der Waals surface area contributed by atoms with Gasteiger partial charge in [0.05, 0.1) is 42.3 Å². The van der Waals surface area contributed by atoms with E-state index >= 15 is 0 Å². The SMILES string of the molecule is COC(=O)c1cc(NC(=O)CN(c2cc(Cl)ccc2Cl)S(C)(=O)=O)cc(C(=O)OC)c1. The van der Waals surface area contributed by atoms with Crippen LogP contribution in [0.2, 0.25) is 10.0 Å². The first-order chi connectivity index (χ1) is 14.5. The lowest BCUT2D eigenvalue weighted by molar-refractivity contribution is -0.114. The number of esters is 2. The molecule has 12 heteroatoms. The van der Waals surface area contributed by atoms with Crippen molar-refractivity contribution in [2.45, 2.75) is 0 Å². The zero-order valence-electron chi connectivity index (χ0n) is 16.6. The topological polar surface area (TPSA) is 119 Å². The summed E-state index contributed by atoms with van der Waals surface area (Å²) in [5, 5.41) is 2.75. The molecule has 0 aliphatic rings. The maximum absolute atomic E-state index is 12.6. The molecule has 1 N–H and O–H groups in total. The van der Waals surface area contributed by atoms with Gasteiger partial charge in [-0.2, -0.15) is 0 Å². The Bertz CT molecular complexity index is 1100. The molecule has 2 aromatic carbocycles. The molecule has 0 spiro atoms. The number of ether oxygens (including phenoxy) is 2. The Morgan fingerprint density at radius 2 is 1.52 bits per heavy atom. The van der Waals surface area contributed by atoms with Crippen LogP contribution in [0.5, 0.6) is 0 Å². The van der Waals surface area contributed by atoms with E-state index in [1.165, 1.54) is 36.4 Å². The lowest BCUT2D eigenvalue weighted by Gasteiger charge is -2.23. The predicted molar refractivity (Wildman–Crippen MR) is 116 cm³/mol. The fraction of sp³-hybridized carbons (Fsp3) is 0.211. The molecule has 0 aromatic heterocycles. The highest BCUT2D eigenvalue weighted by atomic mass is 35.5. The Balaban J connectivity index is 2.37. The molecule has 0 heterocycles. The van der Waals surface area contributed by atoms with Gasteiger partial charge < -0.3 is 14.8 Å². The second-order valence-corrected chi connectivity index (χ2v) is 8.95. The van der Waals surface area contributed by atoms with Crippen LogP contribution in [0.3, 0.4) is 0 Å². The van der Waals surface area contributed by atoms with Gasteiger partial charge in [0.2, 0.25) is 15.9 Å². The largest absolute Gasteiger partial charge is 0.465 e. The number of hydrogen-bond donors (Lipinski definition) is 1. The number of amides is 1. The molecule has 0 radical (unpaired) electrons. The summed E-state index contributed by atoms with van der Waals surface area (Å²) in [6.45, 7) is -0.644. The standard InChI is InChI=1S/C19H18Cl2N2O7S/c1-29-18(25)11-6-12(19(26)30-2)8-14(7-11)22-17(24)10-23(31(3,27)28)16-9-13(20)4-5-15(16)21/h4-9H,10H2,1-3H3,(H,22,24). The third-order valence-electron chi connectivity index (χ3n) is 3.92. The minimum atomic E-state index is -3.91. The minimum absolute atomic E-state index is 0.0152. The fourth-order valence-electron chi connectivity index (χ4n) is 2.56. The molecule has 1 amide bonds. The summed E-state index contributed by atoms with van der Waals surface area (Å²) in [6, 6.07) is 7.96. The van der Waals surface area contributed by atoms with Crippen molar-refractivity contribution in [2.24, 2.45) is 0 Å². The highest BCUT2D eigenvalue weighted by molar-refractivity contribution is 7.92. The summed E-state index contributed by atoms with van der Waals surface area (Å²) in [6.07, 6.45) is 0.907. The molecule has 0 unspecified atom stereocenters. The number of nitrogens with zero attached hydrogens (tertiary/aromatic N) is 1. The van der Waals surface area contributed by atoms with Crippen LogP contribution in [0.4, 0.5) is 11.4 Å². The van der Waals surface area contributed by atoms with E-state index in [9.17, 15) is 22.8 Å². The van der Waals surface area contributed by atoms with Gasteiger partial charge in [-0.1, -0.05) is 23.2 Å². The van der Waals surface area contributed by atoms with Crippen LogP contribution in [0.15, 0.2) is 36.4 Å². The van der Waals surface area contributed by atoms with Crippen molar-refractivity contribution < 1.29 is 32.3 Å². The van der Waals surface area contributed by atoms with Gasteiger partial charge in [-0.05, 0) is 36.4 Å². The van der Waals surface area contributed by atoms with Crippen molar-refractivity contribution in [1.82, 2.24) is 0 Å². The lowest BCUT2D eigenvalue weighted by atomic mass is 10.1. The third-order valence-corrected chi connectivity index (χ3v) is 5.60. The van der Waals surface area contributed by atoms with Gasteiger partial charge in [-0.25, -0.2) is 18.0 Å². The molecule has 31 heavy (non-hydrogen) atoms. The zero-order valence-corrected chi connectivity index (χ0v) is 19.0. The van der Waals surface area contributed by atoms with E-state index in [1.807, 2.05) is 0 Å². The van der Waals surface area contributed by atoms with Gasteiger partial charge in [0.15, 0.2) is 0 Å². The van der Waals surface area contributed by atoms with Gasteiger partial charge in [-0.3, -0.25) is 9.10 Å². The maximum atomic E-state index is 12.6. The average Bonchev–Trinajstić information content (AvgIpc) is 2.71. The molecule has 0 aliphatic carbocycles. The summed E-state index contributed by atoms with van der Waals surface area (Å²) in [5.41, 5.74) is 0.0430. The molecule has 0 fully saturated rings. The summed E-state index contributed by atoms with van der Waals surface area (Å²) < 4.78 is 34.6. The molecule has 0 atom stereocenters. The molecule has 2 aromatic rings. The van der Waals surface area contributed by atoms with Gasteiger partial charge in [0.25, 0.3) is 0 Å². The monoisotopic (exact) mass is 488 g/mol. The first-order valence-electron chi connectivity index (χ1n) is 8.50. The molecular formula is C19H18Cl2N2O7S. The molecule has 0 aliphatic heterocycles. The number of sulfonamides is 1. The first-order valence-corrected chi connectivity index (χ1v) is 11.1. The minimum Gasteiger partial charge on any atom is -0.465 e. The Morgan fingerprint density at radius 3 is 2.00 bits per heavy atom. The van der Waals surface area contributed by atoms with Crippen LogP contribution in [0.1, 0.15) is 20.7 Å². The van der Waals surface area contributed by atoms with Crippen molar-refractivity contribution in [3.05, 3.63) is 57.6 Å². The predicted octanol–water partition coefficient (Wildman–Crippen LogP) is 2.97. The molecule has 166 valence electrons. The summed E-state index contributed by atoms with van der Waals surface area (Å²) in [7, 11) is -1.60. The Kier molecular flexibility index (Phi) is 7.88. The maximum Gasteiger partial charge on any atom is 0.337 e. The lowest BCUT2D eigenvalue weighted by Crippen LogP contribution is -2.37. The van der Waals surface area contributed by atoms with E-state index < -0.39 is 34.4 Å². The quantitative estimate of drug-likeness (QED) is 0.594. The van der Waals surface area contributed by atoms with Crippen LogP contribution in [-0.4, -0.2) is 53.3 Å². The Morgan fingerprint density at radius 1 is 0.968 bits per heavy atom. The molecule has 0 bridgehead atoms.